The highest BCUT2D eigenvalue weighted by Crippen LogP contribution is 2.48. The third-order valence-corrected chi connectivity index (χ3v) is 2.58. The molecule has 50 valence electrons. The summed E-state index contributed by atoms with van der Waals surface area (Å²) >= 11 is 0. The van der Waals surface area contributed by atoms with Crippen molar-refractivity contribution in [2.45, 2.75) is 38.3 Å². The number of piperidine rings is 1. The Bertz CT molecular complexity index is 174. The number of carbonyl (C=O) groups excluding carboxylic acids is 1. The summed E-state index contributed by atoms with van der Waals surface area (Å²) in [5.74, 6) is 0.352. The van der Waals surface area contributed by atoms with Crippen molar-refractivity contribution in [2.75, 3.05) is 0 Å². The highest BCUT2D eigenvalue weighted by Gasteiger charge is 2.61. The predicted octanol–water partition coefficient (Wildman–Crippen LogP) is 0.770. The maximum absolute atomic E-state index is 11.0. The summed E-state index contributed by atoms with van der Waals surface area (Å²) in [4.78, 5) is 13.0. The summed E-state index contributed by atoms with van der Waals surface area (Å²) in [5.41, 5.74) is 0.218. The molecular weight excluding hydrogens is 114 g/mol. The second-order valence-electron chi connectivity index (χ2n) is 3.47. The van der Waals surface area contributed by atoms with E-state index in [0.717, 1.165) is 12.8 Å². The summed E-state index contributed by atoms with van der Waals surface area (Å²) in [6.07, 6.45) is 1.87. The molecule has 0 aromatic rings. The lowest BCUT2D eigenvalue weighted by Crippen LogP contribution is -2.17. The van der Waals surface area contributed by atoms with Gasteiger partial charge in [-0.2, -0.15) is 0 Å². The van der Waals surface area contributed by atoms with Crippen molar-refractivity contribution < 1.29 is 4.79 Å². The van der Waals surface area contributed by atoms with Crippen LogP contribution in [0.4, 0.5) is 0 Å². The number of nitrogens with zero attached hydrogens (tertiary/aromatic N) is 1. The van der Waals surface area contributed by atoms with Gasteiger partial charge in [0, 0.05) is 6.42 Å². The molecule has 9 heavy (non-hydrogen) atoms. The molecule has 0 saturated carbocycles. The van der Waals surface area contributed by atoms with Crippen LogP contribution in [0.1, 0.15) is 26.7 Å². The van der Waals surface area contributed by atoms with Gasteiger partial charge in [0.05, 0.1) is 11.6 Å². The Labute approximate surface area is 54.8 Å². The lowest BCUT2D eigenvalue weighted by atomic mass is 10.1. The maximum atomic E-state index is 11.0. The van der Waals surface area contributed by atoms with Crippen LogP contribution in [-0.4, -0.2) is 22.4 Å². The molecule has 0 bridgehead atoms. The van der Waals surface area contributed by atoms with Crippen molar-refractivity contribution in [2.24, 2.45) is 0 Å². The fourth-order valence-electron chi connectivity index (χ4n) is 1.93. The first kappa shape index (κ1) is 5.27. The van der Waals surface area contributed by atoms with E-state index in [2.05, 4.69) is 13.8 Å². The average molecular weight is 125 g/mol. The minimum Gasteiger partial charge on any atom is -0.330 e. The number of fused-ring (bicyclic) bond motifs is 1. The van der Waals surface area contributed by atoms with Crippen LogP contribution in [0.3, 0.4) is 0 Å². The highest BCUT2D eigenvalue weighted by atomic mass is 16.2. The van der Waals surface area contributed by atoms with E-state index in [4.69, 9.17) is 0 Å². The van der Waals surface area contributed by atoms with Crippen LogP contribution in [0.5, 0.6) is 0 Å². The van der Waals surface area contributed by atoms with Gasteiger partial charge in [0.15, 0.2) is 0 Å². The zero-order valence-corrected chi connectivity index (χ0v) is 5.85. The molecule has 2 nitrogen and oxygen atoms in total. The van der Waals surface area contributed by atoms with Gasteiger partial charge in [0.2, 0.25) is 5.91 Å². The van der Waals surface area contributed by atoms with E-state index < -0.39 is 0 Å². The number of amides is 1. The van der Waals surface area contributed by atoms with E-state index in [1.165, 1.54) is 0 Å². The number of hydrogen-bond acceptors (Lipinski definition) is 1. The molecule has 0 spiro atoms. The van der Waals surface area contributed by atoms with Crippen LogP contribution in [0.2, 0.25) is 0 Å². The lowest BCUT2D eigenvalue weighted by molar-refractivity contribution is -0.125. The minimum atomic E-state index is 0.218. The van der Waals surface area contributed by atoms with E-state index in [1.807, 2.05) is 4.90 Å². The smallest absolute Gasteiger partial charge is 0.223 e. The molecule has 0 aromatic carbocycles. The average Bonchev–Trinajstić information content (AvgIpc) is 2.19. The molecule has 0 aromatic heterocycles. The van der Waals surface area contributed by atoms with E-state index >= 15 is 0 Å². The molecule has 2 aliphatic heterocycles. The van der Waals surface area contributed by atoms with Gasteiger partial charge in [-0.1, -0.05) is 0 Å². The first-order valence-corrected chi connectivity index (χ1v) is 3.46. The second kappa shape index (κ2) is 1.15. The number of carbonyl (C=O) groups is 1. The SMILES string of the molecule is CC1(C)C2CCC(=O)N21. The predicted molar refractivity (Wildman–Crippen MR) is 33.9 cm³/mol. The van der Waals surface area contributed by atoms with Crippen LogP contribution in [0, 0.1) is 0 Å². The monoisotopic (exact) mass is 125 g/mol. The van der Waals surface area contributed by atoms with Gasteiger partial charge >= 0.3 is 0 Å². The third-order valence-electron chi connectivity index (χ3n) is 2.58. The maximum Gasteiger partial charge on any atom is 0.223 e. The minimum absolute atomic E-state index is 0.218. The van der Waals surface area contributed by atoms with Crippen LogP contribution < -0.4 is 0 Å². The Hall–Kier alpha value is -0.530. The van der Waals surface area contributed by atoms with E-state index in [-0.39, 0.29) is 5.54 Å². The van der Waals surface area contributed by atoms with Gasteiger partial charge in [-0.25, -0.2) is 0 Å². The molecule has 0 aliphatic carbocycles. The Morgan fingerprint density at radius 3 is 2.56 bits per heavy atom. The highest BCUT2D eigenvalue weighted by molar-refractivity contribution is 5.83. The number of hydrogen-bond donors (Lipinski definition) is 0. The van der Waals surface area contributed by atoms with Gasteiger partial charge in [-0.15, -0.1) is 0 Å². The molecule has 1 unspecified atom stereocenters. The van der Waals surface area contributed by atoms with Crippen molar-refractivity contribution in [3.8, 4) is 0 Å². The van der Waals surface area contributed by atoms with E-state index in [1.54, 1.807) is 0 Å². The number of rotatable bonds is 0. The van der Waals surface area contributed by atoms with Gasteiger partial charge < -0.3 is 4.90 Å². The molecular formula is C7H11NO. The summed E-state index contributed by atoms with van der Waals surface area (Å²) < 4.78 is 0. The molecule has 1 atom stereocenters. The van der Waals surface area contributed by atoms with Gasteiger partial charge in [0.1, 0.15) is 0 Å². The topological polar surface area (TPSA) is 20.1 Å². The zero-order valence-electron chi connectivity index (χ0n) is 5.85. The molecule has 2 saturated heterocycles. The zero-order chi connectivity index (χ0) is 6.65. The Morgan fingerprint density at radius 2 is 2.33 bits per heavy atom. The van der Waals surface area contributed by atoms with Crippen molar-refractivity contribution in [1.29, 1.82) is 0 Å². The Balaban J connectivity index is 2.23. The first-order valence-electron chi connectivity index (χ1n) is 3.46. The molecule has 0 N–H and O–H groups in total. The standard InChI is InChI=1S/C7H11NO/c1-7(2)5-3-4-6(9)8(5)7/h5H,3-4H2,1-2H3. The van der Waals surface area contributed by atoms with Crippen LogP contribution in [0.25, 0.3) is 0 Å². The summed E-state index contributed by atoms with van der Waals surface area (Å²) in [6, 6.07) is 0.588. The first-order chi connectivity index (χ1) is 4.14. The van der Waals surface area contributed by atoms with Crippen molar-refractivity contribution >= 4 is 5.91 Å². The molecule has 0 radical (unpaired) electrons. The van der Waals surface area contributed by atoms with Gasteiger partial charge in [-0.05, 0) is 20.3 Å². The van der Waals surface area contributed by atoms with Gasteiger partial charge in [-0.3, -0.25) is 4.79 Å². The quantitative estimate of drug-likeness (QED) is 0.438. The molecule has 2 heterocycles. The molecule has 2 rings (SSSR count). The molecule has 2 aliphatic rings. The fourth-order valence-corrected chi connectivity index (χ4v) is 1.93. The summed E-state index contributed by atoms with van der Waals surface area (Å²) in [7, 11) is 0. The van der Waals surface area contributed by atoms with E-state index in [9.17, 15) is 4.79 Å². The van der Waals surface area contributed by atoms with Crippen LogP contribution in [-0.2, 0) is 4.79 Å². The largest absolute Gasteiger partial charge is 0.330 e. The van der Waals surface area contributed by atoms with E-state index in [0.29, 0.717) is 11.9 Å². The fraction of sp³-hybridized carbons (Fsp3) is 0.857. The van der Waals surface area contributed by atoms with Crippen LogP contribution >= 0.6 is 0 Å². The van der Waals surface area contributed by atoms with Crippen molar-refractivity contribution in [3.63, 3.8) is 0 Å². The molecule has 1 amide bonds. The second-order valence-corrected chi connectivity index (χ2v) is 3.47. The molecule has 2 fully saturated rings. The van der Waals surface area contributed by atoms with Crippen molar-refractivity contribution in [1.82, 2.24) is 4.90 Å². The lowest BCUT2D eigenvalue weighted by Gasteiger charge is -2.04. The Kier molecular flexibility index (Phi) is 0.675. The normalized spacial score (nSPS) is 36.9. The summed E-state index contributed by atoms with van der Waals surface area (Å²) in [5, 5.41) is 0. The van der Waals surface area contributed by atoms with Crippen LogP contribution in [0.15, 0.2) is 0 Å². The molecule has 2 heteroatoms. The third kappa shape index (κ3) is 0.443. The Morgan fingerprint density at radius 1 is 1.67 bits per heavy atom. The summed E-state index contributed by atoms with van der Waals surface area (Å²) in [6.45, 7) is 4.27. The van der Waals surface area contributed by atoms with Gasteiger partial charge in [0.25, 0.3) is 0 Å². The van der Waals surface area contributed by atoms with Crippen molar-refractivity contribution in [3.05, 3.63) is 0 Å².